The predicted octanol–water partition coefficient (Wildman–Crippen LogP) is 6.73. The summed E-state index contributed by atoms with van der Waals surface area (Å²) in [7, 11) is 3.00. The second kappa shape index (κ2) is 29.2. The van der Waals surface area contributed by atoms with Crippen LogP contribution < -0.4 is 0 Å². The highest BCUT2D eigenvalue weighted by atomic mass is 16.6. The van der Waals surface area contributed by atoms with Gasteiger partial charge in [0.25, 0.3) is 11.7 Å². The number of hydrogen-bond acceptors (Lipinski definition) is 15. The molecule has 2 bridgehead atoms. The summed E-state index contributed by atoms with van der Waals surface area (Å²) >= 11 is 0. The monoisotopic (exact) mass is 1030 g/mol. The molecule has 1 amide bonds. The van der Waals surface area contributed by atoms with E-state index in [1.54, 1.807) is 34.0 Å². The summed E-state index contributed by atoms with van der Waals surface area (Å²) in [4.78, 5) is 72.8. The number of allylic oxidation sites excluding steroid dienone is 6. The number of amides is 1. The second-order valence-electron chi connectivity index (χ2n) is 22.3. The average molecular weight is 1030 g/mol. The first-order chi connectivity index (χ1) is 34.5. The van der Waals surface area contributed by atoms with Crippen molar-refractivity contribution in [2.45, 2.75) is 206 Å². The minimum Gasteiger partial charge on any atom is -0.460 e. The lowest BCUT2D eigenvalue weighted by molar-refractivity contribution is -0.267. The molecule has 414 valence electrons. The lowest BCUT2D eigenvalue weighted by Crippen LogP contribution is -2.61. The number of piperidine rings is 1. The molecule has 2 unspecified atom stereocenters. The zero-order chi connectivity index (χ0) is 54.2. The number of ether oxygens (including phenoxy) is 6. The smallest absolute Gasteiger partial charge is 0.329 e. The number of fused-ring (bicyclic) bond motifs is 3. The van der Waals surface area contributed by atoms with E-state index in [1.807, 2.05) is 71.9 Å². The molecule has 4 N–H and O–H groups in total. The highest BCUT2D eigenvalue weighted by Crippen LogP contribution is 2.39. The van der Waals surface area contributed by atoms with Gasteiger partial charge in [-0.3, -0.25) is 19.2 Å². The van der Waals surface area contributed by atoms with Crippen LogP contribution in [0, 0.1) is 35.5 Å². The van der Waals surface area contributed by atoms with Gasteiger partial charge in [-0.05, 0) is 127 Å². The van der Waals surface area contributed by atoms with E-state index in [2.05, 4.69) is 0 Å². The summed E-state index contributed by atoms with van der Waals surface area (Å²) in [5, 5.41) is 42.9. The number of aliphatic hydroxyl groups is 4. The van der Waals surface area contributed by atoms with Gasteiger partial charge < -0.3 is 53.7 Å². The van der Waals surface area contributed by atoms with E-state index in [9.17, 15) is 44.4 Å². The van der Waals surface area contributed by atoms with E-state index in [0.29, 0.717) is 63.4 Å². The lowest BCUT2D eigenvalue weighted by Gasteiger charge is -2.43. The third-order valence-corrected chi connectivity index (χ3v) is 15.8. The quantitative estimate of drug-likeness (QED) is 0.0904. The van der Waals surface area contributed by atoms with Gasteiger partial charge in [-0.25, -0.2) is 4.79 Å². The van der Waals surface area contributed by atoms with Crippen molar-refractivity contribution in [3.8, 4) is 0 Å². The van der Waals surface area contributed by atoms with Crippen LogP contribution in [0.15, 0.2) is 47.6 Å². The molecule has 16 nitrogen and oxygen atoms in total. The number of ketones is 3. The van der Waals surface area contributed by atoms with Gasteiger partial charge in [0.1, 0.15) is 30.1 Å². The van der Waals surface area contributed by atoms with Crippen molar-refractivity contribution in [2.75, 3.05) is 40.6 Å². The summed E-state index contributed by atoms with van der Waals surface area (Å²) < 4.78 is 36.5. The molecule has 3 aliphatic heterocycles. The Balaban J connectivity index is 1.74. The summed E-state index contributed by atoms with van der Waals surface area (Å²) in [6.45, 7) is 16.4. The lowest BCUT2D eigenvalue weighted by atomic mass is 9.78. The van der Waals surface area contributed by atoms with Gasteiger partial charge in [-0.1, -0.05) is 71.1 Å². The molecule has 3 fully saturated rings. The molecule has 1 aliphatic carbocycles. The van der Waals surface area contributed by atoms with Gasteiger partial charge >= 0.3 is 5.97 Å². The molecule has 0 aromatic heterocycles. The highest BCUT2D eigenvalue weighted by molar-refractivity contribution is 6.39. The number of nitrogens with zero attached hydrogens (tertiary/aromatic N) is 1. The molecule has 2 saturated heterocycles. The number of carbonyl (C=O) groups excluding carboxylic acids is 5. The maximum Gasteiger partial charge on any atom is 0.329 e. The molecule has 0 aromatic carbocycles. The number of cyclic esters (lactones) is 1. The largest absolute Gasteiger partial charge is 0.460 e. The summed E-state index contributed by atoms with van der Waals surface area (Å²) in [6.07, 6.45) is 11.6. The molecular formula is C57H91NO15. The number of methoxy groups -OCH3 is 2. The molecule has 0 aromatic rings. The second-order valence-corrected chi connectivity index (χ2v) is 22.3. The molecule has 4 aliphatic rings. The molecular weight excluding hydrogens is 939 g/mol. The van der Waals surface area contributed by atoms with Crippen LogP contribution in [0.2, 0.25) is 0 Å². The van der Waals surface area contributed by atoms with Crippen molar-refractivity contribution in [2.24, 2.45) is 35.5 Å². The van der Waals surface area contributed by atoms with Crippen LogP contribution >= 0.6 is 0 Å². The van der Waals surface area contributed by atoms with Gasteiger partial charge in [-0.2, -0.15) is 0 Å². The van der Waals surface area contributed by atoms with E-state index in [0.717, 1.165) is 12.0 Å². The Morgan fingerprint density at radius 3 is 2.26 bits per heavy atom. The first kappa shape index (κ1) is 62.1. The number of carbonyl (C=O) groups is 5. The molecule has 1 saturated carbocycles. The third-order valence-electron chi connectivity index (χ3n) is 15.8. The van der Waals surface area contributed by atoms with Gasteiger partial charge in [0.05, 0.1) is 43.2 Å². The maximum atomic E-state index is 14.6. The molecule has 15 atom stereocenters. The zero-order valence-electron chi connectivity index (χ0n) is 45.8. The van der Waals surface area contributed by atoms with E-state index in [1.165, 1.54) is 12.0 Å². The fourth-order valence-electron chi connectivity index (χ4n) is 11.1. The minimum atomic E-state index is -2.50. The molecule has 4 rings (SSSR count). The van der Waals surface area contributed by atoms with Crippen molar-refractivity contribution >= 4 is 29.2 Å². The Kier molecular flexibility index (Phi) is 24.8. The number of rotatable bonds is 12. The molecule has 73 heavy (non-hydrogen) atoms. The van der Waals surface area contributed by atoms with Crippen LogP contribution in [0.3, 0.4) is 0 Å². The van der Waals surface area contributed by atoms with E-state index >= 15 is 0 Å². The molecule has 0 radical (unpaired) electrons. The van der Waals surface area contributed by atoms with E-state index in [-0.39, 0.29) is 87.2 Å². The first-order valence-corrected chi connectivity index (χ1v) is 27.0. The van der Waals surface area contributed by atoms with Crippen LogP contribution in [-0.4, -0.2) is 155 Å². The SMILES string of the molecule is CO[C@@H]1CC(C[C@@H](C)C2CC(=O)[C@H](C)/C=C(\C)[C@@H](O)[C@@H](OC)C(=O)[C@H](C)C[C@H](C)/C=C/C=C/C=C(\C)[C@@H](OC(C)(C)CCO)C[C@@H]3CC[C@@H](C)[C@@](O)(O3)C(=O)C(=O)N3CCCC[C@H]3C(=O)O2)CC[C@H]1OCCO. The van der Waals surface area contributed by atoms with Gasteiger partial charge in [0.15, 0.2) is 5.78 Å². The molecule has 0 spiro atoms. The van der Waals surface area contributed by atoms with Crippen molar-refractivity contribution in [1.82, 2.24) is 4.90 Å². The molecule has 16 heteroatoms. The van der Waals surface area contributed by atoms with Crippen LogP contribution in [0.1, 0.15) is 146 Å². The first-order valence-electron chi connectivity index (χ1n) is 27.0. The number of Topliss-reactive ketones (excluding diaryl/α,β-unsaturated/α-hetero) is 3. The van der Waals surface area contributed by atoms with Gasteiger partial charge in [0, 0.05) is 58.0 Å². The Hall–Kier alpha value is -3.45. The van der Waals surface area contributed by atoms with Crippen LogP contribution in [0.4, 0.5) is 0 Å². The summed E-state index contributed by atoms with van der Waals surface area (Å²) in [6, 6.07) is -1.17. The van der Waals surface area contributed by atoms with E-state index < -0.39 is 83.4 Å². The number of hydrogen-bond donors (Lipinski definition) is 4. The Bertz CT molecular complexity index is 1940. The Morgan fingerprint density at radius 1 is 0.863 bits per heavy atom. The Labute approximate surface area is 435 Å². The number of esters is 1. The van der Waals surface area contributed by atoms with Crippen molar-refractivity contribution < 1.29 is 72.8 Å². The zero-order valence-corrected chi connectivity index (χ0v) is 45.8. The summed E-state index contributed by atoms with van der Waals surface area (Å²) in [5.41, 5.74) is 0.447. The minimum absolute atomic E-state index is 0.0179. The van der Waals surface area contributed by atoms with Gasteiger partial charge in [-0.15, -0.1) is 0 Å². The van der Waals surface area contributed by atoms with Crippen molar-refractivity contribution in [3.05, 3.63) is 47.6 Å². The molecule has 3 heterocycles. The summed E-state index contributed by atoms with van der Waals surface area (Å²) in [5.74, 6) is -8.27. The fourth-order valence-corrected chi connectivity index (χ4v) is 11.1. The normalized spacial score (nSPS) is 37.5. The van der Waals surface area contributed by atoms with Gasteiger partial charge in [0.2, 0.25) is 5.79 Å². The van der Waals surface area contributed by atoms with Crippen LogP contribution in [0.5, 0.6) is 0 Å². The topological polar surface area (TPSA) is 225 Å². The maximum absolute atomic E-state index is 14.6. The standard InChI is InChI=1S/C57H91NO15/c1-35-17-13-12-14-18-36(2)48(73-56(8,9)24-26-59)33-43-22-20-41(7)57(67,72-43)53(64)54(65)58-25-16-15-19-44(58)55(66)71-47(38(4)31-42-21-23-46(70-28-27-60)49(32-42)68-10)34-45(61)37(3)30-40(6)51(63)52(69-11)50(62)39(5)29-35/h12-14,17-18,30,35,37-39,41-44,46-49,51-52,59-60,63,67H,15-16,19-29,31-34H2,1-11H3/b14-12+,17-13+,36-18+,40-30+/t35-,37-,38-,39-,41-,42?,43+,44+,46-,47?,48+,49-,51-,52+,57-/m1/s1. The van der Waals surface area contributed by atoms with Crippen LogP contribution in [-0.2, 0) is 52.4 Å². The number of aliphatic hydroxyl groups excluding tert-OH is 3. The fraction of sp³-hybridized carbons (Fsp3) is 0.772. The predicted molar refractivity (Wildman–Crippen MR) is 276 cm³/mol. The van der Waals surface area contributed by atoms with Crippen LogP contribution in [0.25, 0.3) is 0 Å². The van der Waals surface area contributed by atoms with Crippen molar-refractivity contribution in [3.63, 3.8) is 0 Å². The highest BCUT2D eigenvalue weighted by Gasteiger charge is 2.53. The van der Waals surface area contributed by atoms with E-state index in [4.69, 9.17) is 28.4 Å². The Morgan fingerprint density at radius 2 is 1.59 bits per heavy atom. The van der Waals surface area contributed by atoms with Crippen molar-refractivity contribution in [1.29, 1.82) is 0 Å². The third kappa shape index (κ3) is 17.5. The average Bonchev–Trinajstić information content (AvgIpc) is 3.35.